The van der Waals surface area contributed by atoms with Crippen molar-refractivity contribution in [2.75, 3.05) is 13.2 Å². The molecule has 0 aliphatic heterocycles. The highest BCUT2D eigenvalue weighted by Crippen LogP contribution is 2.38. The van der Waals surface area contributed by atoms with Gasteiger partial charge in [-0.2, -0.15) is 0 Å². The maximum atomic E-state index is 11.5. The van der Waals surface area contributed by atoms with Crippen molar-refractivity contribution in [2.45, 2.75) is 34.6 Å². The molecular formula is C11H21ClO2. The highest BCUT2D eigenvalue weighted by Gasteiger charge is 2.43. The Balaban J connectivity index is 4.85. The summed E-state index contributed by atoms with van der Waals surface area (Å²) in [5.41, 5.74) is -0.544. The summed E-state index contributed by atoms with van der Waals surface area (Å²) in [5, 5.41) is -0.282. The minimum absolute atomic E-state index is 0.194. The van der Waals surface area contributed by atoms with Crippen LogP contribution in [0.1, 0.15) is 34.6 Å². The van der Waals surface area contributed by atoms with Crippen LogP contribution in [0.2, 0.25) is 0 Å². The molecule has 0 amide bonds. The van der Waals surface area contributed by atoms with Crippen molar-refractivity contribution >= 4 is 16.8 Å². The number of halogens is 1. The van der Waals surface area contributed by atoms with Crippen molar-refractivity contribution in [2.24, 2.45) is 17.3 Å². The van der Waals surface area contributed by atoms with Crippen LogP contribution < -0.4 is 0 Å². The number of ether oxygens (including phenoxy) is 1. The third-order valence-electron chi connectivity index (χ3n) is 2.97. The molecule has 0 spiro atoms. The Morgan fingerprint density at radius 3 is 1.93 bits per heavy atom. The molecule has 0 rings (SSSR count). The van der Waals surface area contributed by atoms with E-state index in [0.29, 0.717) is 13.2 Å². The lowest BCUT2D eigenvalue weighted by atomic mass is 9.70. The summed E-state index contributed by atoms with van der Waals surface area (Å²) in [6, 6.07) is 0. The lowest BCUT2D eigenvalue weighted by molar-refractivity contribution is -0.131. The molecular weight excluding hydrogens is 200 g/mol. The summed E-state index contributed by atoms with van der Waals surface area (Å²) in [5.74, 6) is 0.387. The quantitative estimate of drug-likeness (QED) is 0.643. The Labute approximate surface area is 92.0 Å². The van der Waals surface area contributed by atoms with E-state index in [2.05, 4.69) is 0 Å². The highest BCUT2D eigenvalue weighted by atomic mass is 35.5. The number of hydrogen-bond acceptors (Lipinski definition) is 2. The van der Waals surface area contributed by atoms with E-state index in [1.165, 1.54) is 0 Å². The maximum Gasteiger partial charge on any atom is 0.230 e. The largest absolute Gasteiger partial charge is 0.381 e. The molecule has 0 aliphatic carbocycles. The zero-order valence-electron chi connectivity index (χ0n) is 9.76. The second-order valence-electron chi connectivity index (χ2n) is 4.26. The second kappa shape index (κ2) is 5.72. The van der Waals surface area contributed by atoms with Crippen LogP contribution in [0.3, 0.4) is 0 Å². The highest BCUT2D eigenvalue weighted by molar-refractivity contribution is 6.64. The van der Waals surface area contributed by atoms with Crippen LogP contribution in [-0.4, -0.2) is 18.5 Å². The summed E-state index contributed by atoms with van der Waals surface area (Å²) in [7, 11) is 0. The minimum Gasteiger partial charge on any atom is -0.381 e. The van der Waals surface area contributed by atoms with Crippen LogP contribution in [0.5, 0.6) is 0 Å². The summed E-state index contributed by atoms with van der Waals surface area (Å²) in [6.45, 7) is 11.0. The molecule has 0 unspecified atom stereocenters. The van der Waals surface area contributed by atoms with Crippen LogP contribution in [-0.2, 0) is 9.53 Å². The van der Waals surface area contributed by atoms with Crippen molar-refractivity contribution in [1.29, 1.82) is 0 Å². The molecule has 0 aromatic rings. The van der Waals surface area contributed by atoms with Crippen molar-refractivity contribution in [3.63, 3.8) is 0 Å². The lowest BCUT2D eigenvalue weighted by Crippen LogP contribution is -2.43. The third kappa shape index (κ3) is 2.71. The van der Waals surface area contributed by atoms with E-state index >= 15 is 0 Å². The van der Waals surface area contributed by atoms with Crippen molar-refractivity contribution in [1.82, 2.24) is 0 Å². The molecule has 2 nitrogen and oxygen atoms in total. The first kappa shape index (κ1) is 13.9. The van der Waals surface area contributed by atoms with Crippen LogP contribution in [0.4, 0.5) is 0 Å². The second-order valence-corrected chi connectivity index (χ2v) is 4.60. The van der Waals surface area contributed by atoms with Gasteiger partial charge in [-0.05, 0) is 30.4 Å². The van der Waals surface area contributed by atoms with Crippen LogP contribution in [0, 0.1) is 17.3 Å². The minimum atomic E-state index is -0.544. The van der Waals surface area contributed by atoms with E-state index in [1.807, 2.05) is 34.6 Å². The molecule has 0 aliphatic rings. The zero-order valence-corrected chi connectivity index (χ0v) is 10.5. The molecule has 0 fully saturated rings. The topological polar surface area (TPSA) is 26.3 Å². The molecule has 0 radical (unpaired) electrons. The standard InChI is InChI=1S/C11H21ClO2/c1-6-14-7-11(8(2)3,9(4)5)10(12)13/h8-9H,6-7H2,1-5H3. The smallest absolute Gasteiger partial charge is 0.230 e. The van der Waals surface area contributed by atoms with Gasteiger partial charge in [-0.25, -0.2) is 0 Å². The Hall–Kier alpha value is -0.0800. The molecule has 84 valence electrons. The van der Waals surface area contributed by atoms with Gasteiger partial charge in [0.1, 0.15) is 0 Å². The Morgan fingerprint density at radius 1 is 1.29 bits per heavy atom. The summed E-state index contributed by atoms with van der Waals surface area (Å²) in [6.07, 6.45) is 0. The number of hydrogen-bond donors (Lipinski definition) is 0. The lowest BCUT2D eigenvalue weighted by Gasteiger charge is -2.37. The average molecular weight is 221 g/mol. The predicted molar refractivity (Wildman–Crippen MR) is 59.5 cm³/mol. The molecule has 3 heteroatoms. The Kier molecular flexibility index (Phi) is 5.68. The van der Waals surface area contributed by atoms with E-state index in [0.717, 1.165) is 0 Å². The number of carbonyl (C=O) groups excluding carboxylic acids is 1. The molecule has 0 heterocycles. The van der Waals surface area contributed by atoms with Gasteiger partial charge in [0.15, 0.2) is 0 Å². The SMILES string of the molecule is CCOCC(C(=O)Cl)(C(C)C)C(C)C. The van der Waals surface area contributed by atoms with E-state index < -0.39 is 5.41 Å². The molecule has 0 N–H and O–H groups in total. The van der Waals surface area contributed by atoms with Gasteiger partial charge in [0.05, 0.1) is 12.0 Å². The molecule has 0 atom stereocenters. The zero-order chi connectivity index (χ0) is 11.4. The molecule has 0 saturated carbocycles. The first-order valence-corrected chi connectivity index (χ1v) is 5.55. The fourth-order valence-corrected chi connectivity index (χ4v) is 2.27. The van der Waals surface area contributed by atoms with Gasteiger partial charge in [-0.3, -0.25) is 4.79 Å². The average Bonchev–Trinajstić information content (AvgIpc) is 2.03. The van der Waals surface area contributed by atoms with Gasteiger partial charge < -0.3 is 4.74 Å². The van der Waals surface area contributed by atoms with Crippen LogP contribution >= 0.6 is 11.6 Å². The molecule has 0 bridgehead atoms. The van der Waals surface area contributed by atoms with Crippen molar-refractivity contribution in [3.05, 3.63) is 0 Å². The molecule has 0 saturated heterocycles. The molecule has 14 heavy (non-hydrogen) atoms. The normalized spacial score (nSPS) is 12.6. The van der Waals surface area contributed by atoms with E-state index in [1.54, 1.807) is 0 Å². The summed E-state index contributed by atoms with van der Waals surface area (Å²) in [4.78, 5) is 11.5. The third-order valence-corrected chi connectivity index (χ3v) is 3.32. The van der Waals surface area contributed by atoms with Gasteiger partial charge in [0.2, 0.25) is 5.24 Å². The predicted octanol–water partition coefficient (Wildman–Crippen LogP) is 3.09. The van der Waals surface area contributed by atoms with Gasteiger partial charge >= 0.3 is 0 Å². The van der Waals surface area contributed by atoms with Gasteiger partial charge in [0.25, 0.3) is 0 Å². The van der Waals surface area contributed by atoms with E-state index in [9.17, 15) is 4.79 Å². The van der Waals surface area contributed by atoms with Gasteiger partial charge in [-0.1, -0.05) is 27.7 Å². The molecule has 0 aromatic carbocycles. The van der Waals surface area contributed by atoms with Crippen LogP contribution in [0.25, 0.3) is 0 Å². The Bertz CT molecular complexity index is 180. The number of carbonyl (C=O) groups is 1. The maximum absolute atomic E-state index is 11.5. The first-order valence-electron chi connectivity index (χ1n) is 5.17. The van der Waals surface area contributed by atoms with Crippen LogP contribution in [0.15, 0.2) is 0 Å². The monoisotopic (exact) mass is 220 g/mol. The van der Waals surface area contributed by atoms with Gasteiger partial charge in [0, 0.05) is 6.61 Å². The summed E-state index contributed by atoms with van der Waals surface area (Å²) >= 11 is 5.71. The number of rotatable bonds is 6. The van der Waals surface area contributed by atoms with Gasteiger partial charge in [-0.15, -0.1) is 0 Å². The Morgan fingerprint density at radius 2 is 1.71 bits per heavy atom. The summed E-state index contributed by atoms with van der Waals surface area (Å²) < 4.78 is 5.38. The van der Waals surface area contributed by atoms with Crippen molar-refractivity contribution in [3.8, 4) is 0 Å². The first-order chi connectivity index (χ1) is 6.39. The van der Waals surface area contributed by atoms with E-state index in [-0.39, 0.29) is 17.1 Å². The van der Waals surface area contributed by atoms with E-state index in [4.69, 9.17) is 16.3 Å². The molecule has 0 aromatic heterocycles. The fraction of sp³-hybridized carbons (Fsp3) is 0.909. The fourth-order valence-electron chi connectivity index (χ4n) is 1.78. The van der Waals surface area contributed by atoms with Crippen molar-refractivity contribution < 1.29 is 9.53 Å².